The van der Waals surface area contributed by atoms with Crippen molar-refractivity contribution in [1.29, 1.82) is 0 Å². The van der Waals surface area contributed by atoms with Crippen LogP contribution in [0.1, 0.15) is 25.0 Å². The summed E-state index contributed by atoms with van der Waals surface area (Å²) in [5.74, 6) is 2.06. The lowest BCUT2D eigenvalue weighted by molar-refractivity contribution is 0.0615. The number of rotatable bonds is 10. The van der Waals surface area contributed by atoms with Crippen molar-refractivity contribution in [1.82, 2.24) is 4.90 Å². The molecule has 1 N–H and O–H groups in total. The number of aryl methyl sites for hydroxylation is 1. The third kappa shape index (κ3) is 7.06. The van der Waals surface area contributed by atoms with Gasteiger partial charge in [-0.05, 0) is 42.7 Å². The highest BCUT2D eigenvalue weighted by Gasteiger charge is 2.14. The van der Waals surface area contributed by atoms with E-state index < -0.39 is 6.10 Å². The molecule has 0 aromatic heterocycles. The fourth-order valence-corrected chi connectivity index (χ4v) is 2.89. The Bertz CT molecular complexity index is 637. The highest BCUT2D eigenvalue weighted by atomic mass is 16.5. The van der Waals surface area contributed by atoms with Gasteiger partial charge in [0.2, 0.25) is 0 Å². The Kier molecular flexibility index (Phi) is 7.95. The third-order valence-electron chi connectivity index (χ3n) is 4.12. The molecule has 4 heteroatoms. The van der Waals surface area contributed by atoms with Crippen LogP contribution in [0, 0.1) is 12.8 Å². The molecule has 26 heavy (non-hydrogen) atoms. The summed E-state index contributed by atoms with van der Waals surface area (Å²) in [6, 6.07) is 16.0. The van der Waals surface area contributed by atoms with Gasteiger partial charge in [-0.15, -0.1) is 0 Å². The van der Waals surface area contributed by atoms with Crippen molar-refractivity contribution in [2.45, 2.75) is 33.4 Å². The average Bonchev–Trinajstić information content (AvgIpc) is 2.62. The van der Waals surface area contributed by atoms with Crippen molar-refractivity contribution in [3.63, 3.8) is 0 Å². The Morgan fingerprint density at radius 3 is 2.12 bits per heavy atom. The third-order valence-corrected chi connectivity index (χ3v) is 4.12. The monoisotopic (exact) mass is 357 g/mol. The van der Waals surface area contributed by atoms with Crippen LogP contribution in [0.15, 0.2) is 48.5 Å². The van der Waals surface area contributed by atoms with E-state index in [1.165, 1.54) is 11.1 Å². The molecule has 0 radical (unpaired) electrons. The first-order valence-electron chi connectivity index (χ1n) is 9.19. The van der Waals surface area contributed by atoms with E-state index >= 15 is 0 Å². The number of hydrogen-bond donors (Lipinski definition) is 1. The highest BCUT2D eigenvalue weighted by molar-refractivity contribution is 5.31. The van der Waals surface area contributed by atoms with Crippen molar-refractivity contribution >= 4 is 0 Å². The highest BCUT2D eigenvalue weighted by Crippen LogP contribution is 2.17. The van der Waals surface area contributed by atoms with Crippen LogP contribution in [-0.4, -0.2) is 42.9 Å². The lowest BCUT2D eigenvalue weighted by Crippen LogP contribution is -2.37. The molecule has 0 aliphatic rings. The molecule has 0 fully saturated rings. The summed E-state index contributed by atoms with van der Waals surface area (Å²) in [6.07, 6.45) is -0.540. The van der Waals surface area contributed by atoms with Gasteiger partial charge in [0, 0.05) is 19.6 Å². The average molecular weight is 357 g/mol. The van der Waals surface area contributed by atoms with Crippen molar-refractivity contribution in [3.8, 4) is 11.5 Å². The minimum atomic E-state index is -0.540. The molecular formula is C22H31NO3. The Morgan fingerprint density at radius 2 is 1.54 bits per heavy atom. The molecule has 0 heterocycles. The summed E-state index contributed by atoms with van der Waals surface area (Å²) in [4.78, 5) is 2.29. The quantitative estimate of drug-likeness (QED) is 0.700. The van der Waals surface area contributed by atoms with Crippen LogP contribution >= 0.6 is 0 Å². The van der Waals surface area contributed by atoms with Gasteiger partial charge in [0.15, 0.2) is 0 Å². The van der Waals surface area contributed by atoms with E-state index in [2.05, 4.69) is 49.9 Å². The van der Waals surface area contributed by atoms with Crippen LogP contribution in [0.4, 0.5) is 0 Å². The fraction of sp³-hybridized carbons (Fsp3) is 0.455. The number of nitrogens with zero attached hydrogens (tertiary/aromatic N) is 1. The van der Waals surface area contributed by atoms with Crippen molar-refractivity contribution in [2.75, 3.05) is 26.8 Å². The Hall–Kier alpha value is -2.04. The van der Waals surface area contributed by atoms with Gasteiger partial charge >= 0.3 is 0 Å². The molecule has 0 spiro atoms. The Morgan fingerprint density at radius 1 is 0.923 bits per heavy atom. The second-order valence-electron chi connectivity index (χ2n) is 7.21. The predicted molar refractivity (Wildman–Crippen MR) is 106 cm³/mol. The van der Waals surface area contributed by atoms with Gasteiger partial charge in [-0.1, -0.05) is 43.7 Å². The molecule has 2 aromatic rings. The molecule has 0 aliphatic carbocycles. The van der Waals surface area contributed by atoms with Crippen LogP contribution in [0.25, 0.3) is 0 Å². The molecule has 2 aromatic carbocycles. The van der Waals surface area contributed by atoms with Gasteiger partial charge in [-0.2, -0.15) is 0 Å². The Balaban J connectivity index is 1.87. The normalized spacial score (nSPS) is 12.4. The van der Waals surface area contributed by atoms with Gasteiger partial charge in [-0.25, -0.2) is 0 Å². The van der Waals surface area contributed by atoms with Gasteiger partial charge < -0.3 is 14.6 Å². The standard InChI is InChI=1S/C22H31NO3/c1-17(2)13-23(14-19-7-5-18(3)6-8-19)15-20(24)16-26-22-11-9-21(25-4)10-12-22/h5-12,17,20,24H,13-16H2,1-4H3/t20-/m0/s1. The van der Waals surface area contributed by atoms with Gasteiger partial charge in [0.25, 0.3) is 0 Å². The smallest absolute Gasteiger partial charge is 0.119 e. The van der Waals surface area contributed by atoms with Gasteiger partial charge in [0.1, 0.15) is 24.2 Å². The zero-order valence-corrected chi connectivity index (χ0v) is 16.3. The number of methoxy groups -OCH3 is 1. The SMILES string of the molecule is COc1ccc(OC[C@@H](O)CN(Cc2ccc(C)cc2)CC(C)C)cc1. The van der Waals surface area contributed by atoms with E-state index in [4.69, 9.17) is 9.47 Å². The van der Waals surface area contributed by atoms with Crippen LogP contribution < -0.4 is 9.47 Å². The summed E-state index contributed by atoms with van der Waals surface area (Å²) in [7, 11) is 1.64. The van der Waals surface area contributed by atoms with E-state index in [9.17, 15) is 5.11 Å². The summed E-state index contributed by atoms with van der Waals surface area (Å²) in [5.41, 5.74) is 2.52. The van der Waals surface area contributed by atoms with Crippen molar-refractivity contribution in [2.24, 2.45) is 5.92 Å². The summed E-state index contributed by atoms with van der Waals surface area (Å²) < 4.78 is 10.8. The summed E-state index contributed by atoms with van der Waals surface area (Å²) >= 11 is 0. The minimum Gasteiger partial charge on any atom is -0.497 e. The fourth-order valence-electron chi connectivity index (χ4n) is 2.89. The second-order valence-corrected chi connectivity index (χ2v) is 7.21. The molecule has 0 unspecified atom stereocenters. The zero-order valence-electron chi connectivity index (χ0n) is 16.3. The maximum Gasteiger partial charge on any atom is 0.119 e. The van der Waals surface area contributed by atoms with E-state index in [0.717, 1.165) is 24.6 Å². The largest absolute Gasteiger partial charge is 0.497 e. The van der Waals surface area contributed by atoms with E-state index in [0.29, 0.717) is 12.5 Å². The lowest BCUT2D eigenvalue weighted by Gasteiger charge is -2.27. The first kappa shape index (κ1) is 20.3. The molecule has 0 bridgehead atoms. The minimum absolute atomic E-state index is 0.273. The topological polar surface area (TPSA) is 41.9 Å². The predicted octanol–water partition coefficient (Wildman–Crippen LogP) is 3.90. The molecule has 1 atom stereocenters. The zero-order chi connectivity index (χ0) is 18.9. The molecule has 4 nitrogen and oxygen atoms in total. The van der Waals surface area contributed by atoms with Crippen LogP contribution in [-0.2, 0) is 6.54 Å². The summed E-state index contributed by atoms with van der Waals surface area (Å²) in [5, 5.41) is 10.4. The summed E-state index contributed by atoms with van der Waals surface area (Å²) in [6.45, 7) is 9.11. The van der Waals surface area contributed by atoms with E-state index in [1.807, 2.05) is 24.3 Å². The van der Waals surface area contributed by atoms with Gasteiger partial charge in [-0.3, -0.25) is 4.90 Å². The molecule has 2 rings (SSSR count). The van der Waals surface area contributed by atoms with E-state index in [1.54, 1.807) is 7.11 Å². The maximum atomic E-state index is 10.4. The van der Waals surface area contributed by atoms with Gasteiger partial charge in [0.05, 0.1) is 7.11 Å². The molecule has 0 aliphatic heterocycles. The Labute approximate surface area is 157 Å². The van der Waals surface area contributed by atoms with Crippen LogP contribution in [0.3, 0.4) is 0 Å². The number of hydrogen-bond acceptors (Lipinski definition) is 4. The molecule has 0 saturated heterocycles. The second kappa shape index (κ2) is 10.2. The number of aliphatic hydroxyl groups is 1. The van der Waals surface area contributed by atoms with Crippen molar-refractivity contribution in [3.05, 3.63) is 59.7 Å². The molecule has 142 valence electrons. The maximum absolute atomic E-state index is 10.4. The van der Waals surface area contributed by atoms with Crippen molar-refractivity contribution < 1.29 is 14.6 Å². The molecule has 0 amide bonds. The first-order valence-corrected chi connectivity index (χ1v) is 9.19. The molecular weight excluding hydrogens is 326 g/mol. The number of aliphatic hydroxyl groups excluding tert-OH is 1. The first-order chi connectivity index (χ1) is 12.5. The van der Waals surface area contributed by atoms with Crippen LogP contribution in [0.5, 0.6) is 11.5 Å². The number of benzene rings is 2. The number of ether oxygens (including phenoxy) is 2. The van der Waals surface area contributed by atoms with Crippen LogP contribution in [0.2, 0.25) is 0 Å². The molecule has 0 saturated carbocycles. The lowest BCUT2D eigenvalue weighted by atomic mass is 10.1. The van der Waals surface area contributed by atoms with E-state index in [-0.39, 0.29) is 6.61 Å².